The van der Waals surface area contributed by atoms with Gasteiger partial charge in [0.25, 0.3) is 0 Å². The van der Waals surface area contributed by atoms with Crippen LogP contribution in [-0.2, 0) is 17.9 Å². The minimum atomic E-state index is -0.502. The number of aryl methyl sites for hydroxylation is 1. The molecule has 1 saturated carbocycles. The van der Waals surface area contributed by atoms with Crippen molar-refractivity contribution < 1.29 is 13.6 Å². The molecule has 30 heavy (non-hydrogen) atoms. The van der Waals surface area contributed by atoms with Crippen LogP contribution in [0.1, 0.15) is 24.0 Å². The van der Waals surface area contributed by atoms with E-state index in [-0.39, 0.29) is 24.6 Å². The maximum atomic E-state index is 13.8. The summed E-state index contributed by atoms with van der Waals surface area (Å²) in [6.45, 7) is 2.03. The lowest BCUT2D eigenvalue weighted by Gasteiger charge is -2.11. The molecule has 0 radical (unpaired) electrons. The van der Waals surface area contributed by atoms with Crippen LogP contribution in [0, 0.1) is 18.6 Å². The van der Waals surface area contributed by atoms with Gasteiger partial charge in [-0.2, -0.15) is 10.1 Å². The van der Waals surface area contributed by atoms with Crippen LogP contribution in [0.4, 0.5) is 26.2 Å². The zero-order valence-electron chi connectivity index (χ0n) is 16.3. The Bertz CT molecular complexity index is 1070. The maximum absolute atomic E-state index is 13.8. The fourth-order valence-electron chi connectivity index (χ4n) is 2.83. The zero-order chi connectivity index (χ0) is 21.1. The maximum Gasteiger partial charge on any atom is 0.241 e. The number of carbonyl (C=O) groups excluding carboxylic acids is 1. The average Bonchev–Trinajstić information content (AvgIpc) is 3.42. The number of hydrogen-bond donors (Lipinski definition) is 3. The second-order valence-electron chi connectivity index (χ2n) is 7.21. The first-order valence-corrected chi connectivity index (χ1v) is 9.56. The highest BCUT2D eigenvalue weighted by molar-refractivity contribution is 5.76. The molecule has 0 saturated heterocycles. The second kappa shape index (κ2) is 8.44. The SMILES string of the molecule is Cc1cnc(Nc2cnn(CC(=O)NC3CC3)c2)nc1NCc1cc(F)ccc1F. The first-order chi connectivity index (χ1) is 14.5. The van der Waals surface area contributed by atoms with Crippen molar-refractivity contribution in [2.75, 3.05) is 10.6 Å². The van der Waals surface area contributed by atoms with Gasteiger partial charge in [-0.1, -0.05) is 0 Å². The predicted octanol–water partition coefficient (Wildman–Crippen LogP) is 2.89. The topological polar surface area (TPSA) is 96.8 Å². The van der Waals surface area contributed by atoms with Gasteiger partial charge in [0, 0.05) is 36.1 Å². The van der Waals surface area contributed by atoms with Crippen molar-refractivity contribution in [3.8, 4) is 0 Å². The van der Waals surface area contributed by atoms with E-state index in [1.165, 1.54) is 4.68 Å². The molecule has 10 heteroatoms. The highest BCUT2D eigenvalue weighted by Gasteiger charge is 2.23. The van der Waals surface area contributed by atoms with Gasteiger partial charge < -0.3 is 16.0 Å². The van der Waals surface area contributed by atoms with Crippen LogP contribution in [0.3, 0.4) is 0 Å². The van der Waals surface area contributed by atoms with Crippen LogP contribution in [-0.4, -0.2) is 31.7 Å². The molecule has 0 unspecified atom stereocenters. The van der Waals surface area contributed by atoms with Crippen LogP contribution in [0.15, 0.2) is 36.8 Å². The Hall–Kier alpha value is -3.56. The molecule has 0 atom stereocenters. The van der Waals surface area contributed by atoms with Gasteiger partial charge in [0.05, 0.1) is 11.9 Å². The van der Waals surface area contributed by atoms with Crippen molar-refractivity contribution in [2.24, 2.45) is 0 Å². The third kappa shape index (κ3) is 5.07. The molecule has 1 aliphatic carbocycles. The van der Waals surface area contributed by atoms with E-state index in [9.17, 15) is 13.6 Å². The molecule has 2 aromatic heterocycles. The third-order valence-electron chi connectivity index (χ3n) is 4.56. The lowest BCUT2D eigenvalue weighted by molar-refractivity contribution is -0.122. The monoisotopic (exact) mass is 413 g/mol. The molecule has 1 aromatic carbocycles. The van der Waals surface area contributed by atoms with Gasteiger partial charge in [-0.05, 0) is 38.0 Å². The number of anilines is 3. The lowest BCUT2D eigenvalue weighted by atomic mass is 10.2. The number of hydrogen-bond acceptors (Lipinski definition) is 6. The van der Waals surface area contributed by atoms with Crippen molar-refractivity contribution in [1.82, 2.24) is 25.1 Å². The summed E-state index contributed by atoms with van der Waals surface area (Å²) < 4.78 is 28.7. The number of halogens is 2. The van der Waals surface area contributed by atoms with E-state index in [1.54, 1.807) is 18.6 Å². The highest BCUT2D eigenvalue weighted by Crippen LogP contribution is 2.20. The molecule has 4 rings (SSSR count). The Labute approximate surface area is 171 Å². The minimum absolute atomic E-state index is 0.0743. The largest absolute Gasteiger partial charge is 0.365 e. The number of carbonyl (C=O) groups is 1. The van der Waals surface area contributed by atoms with Crippen molar-refractivity contribution >= 4 is 23.4 Å². The lowest BCUT2D eigenvalue weighted by Crippen LogP contribution is -2.29. The van der Waals surface area contributed by atoms with Crippen LogP contribution >= 0.6 is 0 Å². The van der Waals surface area contributed by atoms with Crippen molar-refractivity contribution in [3.63, 3.8) is 0 Å². The smallest absolute Gasteiger partial charge is 0.241 e. The molecule has 1 fully saturated rings. The molecule has 1 amide bonds. The van der Waals surface area contributed by atoms with Crippen LogP contribution < -0.4 is 16.0 Å². The van der Waals surface area contributed by atoms with Gasteiger partial charge in [0.1, 0.15) is 24.0 Å². The predicted molar refractivity (Wildman–Crippen MR) is 107 cm³/mol. The number of nitrogens with zero attached hydrogens (tertiary/aromatic N) is 4. The average molecular weight is 413 g/mol. The Morgan fingerprint density at radius 2 is 2.10 bits per heavy atom. The van der Waals surface area contributed by atoms with Crippen molar-refractivity contribution in [1.29, 1.82) is 0 Å². The Balaban J connectivity index is 1.39. The molecule has 1 aliphatic rings. The summed E-state index contributed by atoms with van der Waals surface area (Å²) in [4.78, 5) is 20.5. The number of aromatic nitrogens is 4. The summed E-state index contributed by atoms with van der Waals surface area (Å²) in [5.41, 5.74) is 1.58. The van der Waals surface area contributed by atoms with Crippen molar-refractivity contribution in [3.05, 3.63) is 59.6 Å². The molecule has 2 heterocycles. The summed E-state index contributed by atoms with van der Waals surface area (Å²) in [7, 11) is 0. The molecular formula is C20H21F2N7O. The molecule has 3 aromatic rings. The minimum Gasteiger partial charge on any atom is -0.365 e. The standard InChI is InChI=1S/C20H21F2N7O/c1-12-7-24-20(28-19(12)23-8-13-6-14(21)2-5-17(13)22)27-16-9-25-29(10-16)11-18(30)26-15-3-4-15/h2,5-7,9-10,15H,3-4,8,11H2,1H3,(H,26,30)(H2,23,24,27,28). The van der Waals surface area contributed by atoms with E-state index >= 15 is 0 Å². The summed E-state index contributed by atoms with van der Waals surface area (Å²) in [5.74, 6) is -0.267. The first-order valence-electron chi connectivity index (χ1n) is 9.56. The van der Waals surface area contributed by atoms with Gasteiger partial charge in [-0.3, -0.25) is 9.48 Å². The number of nitrogens with one attached hydrogen (secondary N) is 3. The van der Waals surface area contributed by atoms with Gasteiger partial charge in [0.2, 0.25) is 11.9 Å². The number of rotatable bonds is 8. The van der Waals surface area contributed by atoms with Crippen LogP contribution in [0.5, 0.6) is 0 Å². The van der Waals surface area contributed by atoms with Gasteiger partial charge in [-0.15, -0.1) is 0 Å². The third-order valence-corrected chi connectivity index (χ3v) is 4.56. The number of benzene rings is 1. The van der Waals surface area contributed by atoms with E-state index in [0.29, 0.717) is 23.5 Å². The second-order valence-corrected chi connectivity index (χ2v) is 7.21. The van der Waals surface area contributed by atoms with Crippen LogP contribution in [0.2, 0.25) is 0 Å². The zero-order valence-corrected chi connectivity index (χ0v) is 16.3. The normalized spacial score (nSPS) is 13.2. The Morgan fingerprint density at radius 1 is 1.27 bits per heavy atom. The quantitative estimate of drug-likeness (QED) is 0.526. The molecule has 0 spiro atoms. The highest BCUT2D eigenvalue weighted by atomic mass is 19.1. The Morgan fingerprint density at radius 3 is 2.90 bits per heavy atom. The Kier molecular flexibility index (Phi) is 5.55. The molecule has 8 nitrogen and oxygen atoms in total. The van der Waals surface area contributed by atoms with Gasteiger partial charge in [-0.25, -0.2) is 13.8 Å². The molecule has 0 aliphatic heterocycles. The molecule has 156 valence electrons. The molecular weight excluding hydrogens is 392 g/mol. The van der Waals surface area contributed by atoms with E-state index in [0.717, 1.165) is 36.6 Å². The summed E-state index contributed by atoms with van der Waals surface area (Å²) in [5, 5.41) is 13.1. The van der Waals surface area contributed by atoms with Gasteiger partial charge in [0.15, 0.2) is 0 Å². The number of amides is 1. The molecule has 3 N–H and O–H groups in total. The first kappa shape index (κ1) is 19.7. The van der Waals surface area contributed by atoms with E-state index in [4.69, 9.17) is 0 Å². The van der Waals surface area contributed by atoms with E-state index < -0.39 is 11.6 Å². The van der Waals surface area contributed by atoms with E-state index in [2.05, 4.69) is 31.0 Å². The summed E-state index contributed by atoms with van der Waals surface area (Å²) >= 11 is 0. The van der Waals surface area contributed by atoms with Gasteiger partial charge >= 0.3 is 0 Å². The summed E-state index contributed by atoms with van der Waals surface area (Å²) in [6, 6.07) is 3.62. The summed E-state index contributed by atoms with van der Waals surface area (Å²) in [6.07, 6.45) is 6.94. The fourth-order valence-corrected chi connectivity index (χ4v) is 2.83. The fraction of sp³-hybridized carbons (Fsp3) is 0.300. The molecule has 0 bridgehead atoms. The van der Waals surface area contributed by atoms with Crippen molar-refractivity contribution in [2.45, 2.75) is 38.9 Å². The van der Waals surface area contributed by atoms with Crippen LogP contribution in [0.25, 0.3) is 0 Å². The van der Waals surface area contributed by atoms with E-state index in [1.807, 2.05) is 6.92 Å².